The van der Waals surface area contributed by atoms with Gasteiger partial charge in [0.1, 0.15) is 6.61 Å². The highest BCUT2D eigenvalue weighted by molar-refractivity contribution is 14.1. The molecule has 0 aromatic heterocycles. The van der Waals surface area contributed by atoms with E-state index in [0.29, 0.717) is 12.4 Å². The van der Waals surface area contributed by atoms with Crippen LogP contribution in [0.3, 0.4) is 0 Å². The lowest BCUT2D eigenvalue weighted by Crippen LogP contribution is -2.14. The van der Waals surface area contributed by atoms with Crippen LogP contribution in [0.1, 0.15) is 0 Å². The average molecular weight is 247 g/mol. The maximum atomic E-state index is 10.2. The Kier molecular flexibility index (Phi) is 5.73. The first-order valence-electron chi connectivity index (χ1n) is 1.95. The molecule has 0 aliphatic heterocycles. The molecule has 3 nitrogen and oxygen atoms in total. The summed E-state index contributed by atoms with van der Waals surface area (Å²) in [6.07, 6.45) is -0.417. The smallest absolute Gasteiger partial charge is 0.415 e. The number of halogens is 1. The van der Waals surface area contributed by atoms with Crippen molar-refractivity contribution in [2.24, 2.45) is 0 Å². The van der Waals surface area contributed by atoms with E-state index in [-0.39, 0.29) is 0 Å². The summed E-state index contributed by atoms with van der Waals surface area (Å²) in [5, 5.41) is 0. The van der Waals surface area contributed by atoms with Crippen LogP contribution in [0.15, 0.2) is 0 Å². The largest absolute Gasteiger partial charge is 0.448 e. The van der Waals surface area contributed by atoms with E-state index in [1.54, 1.807) is 22.9 Å². The molecule has 0 aromatic carbocycles. The minimum Gasteiger partial charge on any atom is -0.448 e. The first kappa shape index (κ1) is 8.35. The maximum absolute atomic E-state index is 10.2. The SMILES string of the molecule is O=C(NI)OCCS. The van der Waals surface area contributed by atoms with Gasteiger partial charge in [-0.1, -0.05) is 0 Å². The van der Waals surface area contributed by atoms with Crippen LogP contribution in [0, 0.1) is 0 Å². The zero-order valence-corrected chi connectivity index (χ0v) is 7.11. The molecule has 0 rings (SSSR count). The predicted octanol–water partition coefficient (Wildman–Crippen LogP) is 0.992. The first-order chi connectivity index (χ1) is 3.81. The van der Waals surface area contributed by atoms with Gasteiger partial charge in [-0.05, 0) is 0 Å². The van der Waals surface area contributed by atoms with E-state index in [1.807, 2.05) is 0 Å². The quantitative estimate of drug-likeness (QED) is 0.434. The molecular formula is C3H6INO2S. The second kappa shape index (κ2) is 5.49. The summed E-state index contributed by atoms with van der Waals surface area (Å²) in [5.41, 5.74) is 0. The van der Waals surface area contributed by atoms with Gasteiger partial charge >= 0.3 is 6.09 Å². The maximum Gasteiger partial charge on any atom is 0.415 e. The van der Waals surface area contributed by atoms with Crippen LogP contribution in [0.25, 0.3) is 0 Å². The van der Waals surface area contributed by atoms with Crippen molar-refractivity contribution in [3.05, 3.63) is 0 Å². The van der Waals surface area contributed by atoms with Gasteiger partial charge < -0.3 is 4.74 Å². The highest BCUT2D eigenvalue weighted by Crippen LogP contribution is 1.81. The summed E-state index contributed by atoms with van der Waals surface area (Å²) in [6.45, 7) is 0.359. The number of carbonyl (C=O) groups is 1. The predicted molar refractivity (Wildman–Crippen MR) is 42.4 cm³/mol. The Morgan fingerprint density at radius 3 is 2.88 bits per heavy atom. The number of hydrogen-bond donors (Lipinski definition) is 2. The molecule has 0 heterocycles. The van der Waals surface area contributed by atoms with Crippen molar-refractivity contribution in [1.82, 2.24) is 3.53 Å². The number of carbonyl (C=O) groups excluding carboxylic acids is 1. The van der Waals surface area contributed by atoms with Crippen molar-refractivity contribution in [1.29, 1.82) is 0 Å². The summed E-state index contributed by atoms with van der Waals surface area (Å²) >= 11 is 5.53. The molecule has 0 saturated heterocycles. The molecule has 0 aliphatic rings. The van der Waals surface area contributed by atoms with Gasteiger partial charge in [0.05, 0.1) is 22.9 Å². The minimum atomic E-state index is -0.417. The van der Waals surface area contributed by atoms with E-state index in [4.69, 9.17) is 0 Å². The molecule has 1 amide bonds. The lowest BCUT2D eigenvalue weighted by Gasteiger charge is -1.97. The molecular weight excluding hydrogens is 241 g/mol. The molecule has 0 fully saturated rings. The third-order valence-electron chi connectivity index (χ3n) is 0.402. The van der Waals surface area contributed by atoms with Crippen LogP contribution >= 0.6 is 35.5 Å². The fourth-order valence-electron chi connectivity index (χ4n) is 0.166. The molecule has 0 bridgehead atoms. The number of amides is 1. The summed E-state index contributed by atoms with van der Waals surface area (Å²) in [7, 11) is 0. The Hall–Kier alpha value is 0.350. The molecule has 1 N–H and O–H groups in total. The molecule has 0 saturated carbocycles. The number of hydrogen-bond acceptors (Lipinski definition) is 3. The zero-order valence-electron chi connectivity index (χ0n) is 4.06. The van der Waals surface area contributed by atoms with E-state index in [9.17, 15) is 4.79 Å². The van der Waals surface area contributed by atoms with E-state index in [1.165, 1.54) is 0 Å². The van der Waals surface area contributed by atoms with Crippen molar-refractivity contribution >= 4 is 41.6 Å². The van der Waals surface area contributed by atoms with Crippen molar-refractivity contribution in [3.63, 3.8) is 0 Å². The third-order valence-corrected chi connectivity index (χ3v) is 1.02. The Morgan fingerprint density at radius 2 is 2.50 bits per heavy atom. The highest BCUT2D eigenvalue weighted by Gasteiger charge is 1.93. The van der Waals surface area contributed by atoms with Crippen molar-refractivity contribution in [2.75, 3.05) is 12.4 Å². The fourth-order valence-corrected chi connectivity index (χ4v) is 0.413. The van der Waals surface area contributed by atoms with Crippen LogP contribution in [-0.4, -0.2) is 18.5 Å². The summed E-state index contributed by atoms with van der Waals surface area (Å²) in [5.74, 6) is 0.560. The summed E-state index contributed by atoms with van der Waals surface area (Å²) in [6, 6.07) is 0. The normalized spacial score (nSPS) is 8.25. The van der Waals surface area contributed by atoms with Gasteiger partial charge in [0.25, 0.3) is 0 Å². The zero-order chi connectivity index (χ0) is 6.41. The second-order valence-corrected chi connectivity index (χ2v) is 1.94. The van der Waals surface area contributed by atoms with Gasteiger partial charge in [0.2, 0.25) is 0 Å². The Morgan fingerprint density at radius 1 is 1.88 bits per heavy atom. The molecule has 0 aromatic rings. The van der Waals surface area contributed by atoms with Crippen LogP contribution in [0.2, 0.25) is 0 Å². The number of ether oxygens (including phenoxy) is 1. The molecule has 8 heavy (non-hydrogen) atoms. The van der Waals surface area contributed by atoms with Crippen molar-refractivity contribution < 1.29 is 9.53 Å². The lowest BCUT2D eigenvalue weighted by molar-refractivity contribution is 0.162. The molecule has 0 radical (unpaired) electrons. The molecule has 0 atom stereocenters. The van der Waals surface area contributed by atoms with E-state index < -0.39 is 6.09 Å². The Balaban J connectivity index is 2.99. The topological polar surface area (TPSA) is 38.3 Å². The van der Waals surface area contributed by atoms with Gasteiger partial charge in [-0.25, -0.2) is 4.79 Å². The molecule has 0 spiro atoms. The minimum absolute atomic E-state index is 0.359. The van der Waals surface area contributed by atoms with Crippen LogP contribution in [0.5, 0.6) is 0 Å². The molecule has 0 unspecified atom stereocenters. The Labute approximate surface area is 67.1 Å². The number of rotatable bonds is 2. The van der Waals surface area contributed by atoms with Crippen molar-refractivity contribution in [3.8, 4) is 0 Å². The van der Waals surface area contributed by atoms with Gasteiger partial charge in [0, 0.05) is 5.75 Å². The first-order valence-corrected chi connectivity index (χ1v) is 3.66. The van der Waals surface area contributed by atoms with Gasteiger partial charge in [-0.2, -0.15) is 12.6 Å². The molecule has 5 heteroatoms. The van der Waals surface area contributed by atoms with Gasteiger partial charge in [-0.15, -0.1) is 0 Å². The van der Waals surface area contributed by atoms with Crippen LogP contribution in [0.4, 0.5) is 4.79 Å². The van der Waals surface area contributed by atoms with E-state index in [0.717, 1.165) is 0 Å². The third kappa shape index (κ3) is 4.51. The van der Waals surface area contributed by atoms with Gasteiger partial charge in [-0.3, -0.25) is 3.53 Å². The van der Waals surface area contributed by atoms with Gasteiger partial charge in [0.15, 0.2) is 0 Å². The Bertz CT molecular complexity index is 79.7. The monoisotopic (exact) mass is 247 g/mol. The number of nitrogens with one attached hydrogen (secondary N) is 1. The average Bonchev–Trinajstić information content (AvgIpc) is 1.83. The van der Waals surface area contributed by atoms with E-state index in [2.05, 4.69) is 20.9 Å². The molecule has 48 valence electrons. The van der Waals surface area contributed by atoms with E-state index >= 15 is 0 Å². The van der Waals surface area contributed by atoms with Crippen molar-refractivity contribution in [2.45, 2.75) is 0 Å². The highest BCUT2D eigenvalue weighted by atomic mass is 127. The van der Waals surface area contributed by atoms with Crippen LogP contribution in [-0.2, 0) is 4.74 Å². The lowest BCUT2D eigenvalue weighted by atomic mass is 10.9. The summed E-state index contributed by atoms with van der Waals surface area (Å²) < 4.78 is 6.78. The standard InChI is InChI=1S/C3H6INO2S/c4-5-3(6)7-1-2-8/h8H,1-2H2,(H,5,6). The number of thiol groups is 1. The molecule has 0 aliphatic carbocycles. The fraction of sp³-hybridized carbons (Fsp3) is 0.667. The second-order valence-electron chi connectivity index (χ2n) is 0.954. The van der Waals surface area contributed by atoms with Crippen LogP contribution < -0.4 is 3.53 Å². The summed E-state index contributed by atoms with van der Waals surface area (Å²) in [4.78, 5) is 10.2.